The van der Waals surface area contributed by atoms with Crippen molar-refractivity contribution in [2.45, 2.75) is 19.4 Å². The van der Waals surface area contributed by atoms with Gasteiger partial charge in [-0.1, -0.05) is 29.3 Å². The van der Waals surface area contributed by atoms with Gasteiger partial charge in [0.2, 0.25) is 0 Å². The molecule has 0 saturated heterocycles. The van der Waals surface area contributed by atoms with Crippen molar-refractivity contribution in [3.8, 4) is 0 Å². The number of nitrogens with zero attached hydrogens (tertiary/aromatic N) is 2. The summed E-state index contributed by atoms with van der Waals surface area (Å²) in [5.74, 6) is -0.378. The van der Waals surface area contributed by atoms with E-state index >= 15 is 0 Å². The molecule has 1 aromatic heterocycles. The topological polar surface area (TPSA) is 43.8 Å². The zero-order valence-corrected chi connectivity index (χ0v) is 12.1. The summed E-state index contributed by atoms with van der Waals surface area (Å²) in [6.45, 7) is 1.88. The molecule has 0 amide bonds. The molecule has 1 heterocycles. The Labute approximate surface area is 121 Å². The zero-order chi connectivity index (χ0) is 14.2. The fraction of sp³-hybridized carbons (Fsp3) is 0.308. The Balaban J connectivity index is 2.28. The number of nitrogens with two attached hydrogens (primary N) is 1. The minimum Gasteiger partial charge on any atom is -0.324 e. The second-order valence-corrected chi connectivity index (χ2v) is 5.22. The fourth-order valence-electron chi connectivity index (χ4n) is 2.04. The first-order chi connectivity index (χ1) is 8.90. The summed E-state index contributed by atoms with van der Waals surface area (Å²) < 4.78 is 14.6. The van der Waals surface area contributed by atoms with E-state index in [4.69, 9.17) is 28.9 Å². The van der Waals surface area contributed by atoms with Crippen LogP contribution >= 0.6 is 23.2 Å². The monoisotopic (exact) mass is 301 g/mol. The van der Waals surface area contributed by atoms with Crippen LogP contribution in [0, 0.1) is 12.7 Å². The number of halogens is 3. The molecule has 6 heteroatoms. The second-order valence-electron chi connectivity index (χ2n) is 4.45. The van der Waals surface area contributed by atoms with Crippen LogP contribution < -0.4 is 5.73 Å². The van der Waals surface area contributed by atoms with E-state index in [1.807, 2.05) is 6.92 Å². The first kappa shape index (κ1) is 14.3. The molecule has 1 atom stereocenters. The Bertz CT molecular complexity index is 610. The molecule has 2 N–H and O–H groups in total. The van der Waals surface area contributed by atoms with Gasteiger partial charge in [0.05, 0.1) is 5.69 Å². The lowest BCUT2D eigenvalue weighted by atomic mass is 10.00. The molecule has 0 aliphatic heterocycles. The van der Waals surface area contributed by atoms with Crippen LogP contribution in [0.4, 0.5) is 4.39 Å². The Morgan fingerprint density at radius 1 is 1.42 bits per heavy atom. The highest BCUT2D eigenvalue weighted by Crippen LogP contribution is 2.28. The lowest BCUT2D eigenvalue weighted by Gasteiger charge is -2.13. The van der Waals surface area contributed by atoms with Crippen molar-refractivity contribution in [2.24, 2.45) is 12.8 Å². The Hall–Kier alpha value is -1.10. The molecule has 2 aromatic rings. The molecular formula is C13H14Cl2FN3. The van der Waals surface area contributed by atoms with Crippen molar-refractivity contribution < 1.29 is 4.39 Å². The Kier molecular flexibility index (Phi) is 4.13. The van der Waals surface area contributed by atoms with Gasteiger partial charge < -0.3 is 5.73 Å². The van der Waals surface area contributed by atoms with Crippen molar-refractivity contribution in [1.29, 1.82) is 0 Å². The van der Waals surface area contributed by atoms with Crippen LogP contribution in [0.1, 0.15) is 22.9 Å². The van der Waals surface area contributed by atoms with Crippen molar-refractivity contribution >= 4 is 23.2 Å². The average Bonchev–Trinajstić information content (AvgIpc) is 2.56. The molecule has 0 aliphatic carbocycles. The standard InChI is InChI=1S/C13H14Cl2FN3/c1-7-10(13(15)19(2)18-7)6-12(17)9-4-3-8(16)5-11(9)14/h3-5,12H,6,17H2,1-2H3. The minimum absolute atomic E-state index is 0.324. The second kappa shape index (κ2) is 5.49. The molecule has 0 spiro atoms. The van der Waals surface area contributed by atoms with E-state index in [1.165, 1.54) is 12.1 Å². The third-order valence-electron chi connectivity index (χ3n) is 3.06. The number of hydrogen-bond acceptors (Lipinski definition) is 2. The van der Waals surface area contributed by atoms with Gasteiger partial charge in [0.15, 0.2) is 0 Å². The molecule has 19 heavy (non-hydrogen) atoms. The van der Waals surface area contributed by atoms with Gasteiger partial charge in [0.25, 0.3) is 0 Å². The first-order valence-corrected chi connectivity index (χ1v) is 6.54. The minimum atomic E-state index is -0.378. The molecule has 0 saturated carbocycles. The summed E-state index contributed by atoms with van der Waals surface area (Å²) in [5.41, 5.74) is 8.54. The number of aromatic nitrogens is 2. The zero-order valence-electron chi connectivity index (χ0n) is 10.6. The Morgan fingerprint density at radius 2 is 2.11 bits per heavy atom. The molecule has 1 unspecified atom stereocenters. The van der Waals surface area contributed by atoms with Crippen molar-refractivity contribution in [3.05, 3.63) is 51.0 Å². The molecule has 102 valence electrons. The summed E-state index contributed by atoms with van der Waals surface area (Å²) in [6, 6.07) is 3.85. The molecule has 0 aliphatic rings. The predicted octanol–water partition coefficient (Wildman–Crippen LogP) is 3.42. The van der Waals surface area contributed by atoms with E-state index < -0.39 is 0 Å². The highest BCUT2D eigenvalue weighted by molar-refractivity contribution is 6.31. The van der Waals surface area contributed by atoms with Gasteiger partial charge in [-0.25, -0.2) is 4.39 Å². The molecule has 0 radical (unpaired) electrons. The normalized spacial score (nSPS) is 12.7. The number of rotatable bonds is 3. The summed E-state index contributed by atoms with van der Waals surface area (Å²) in [4.78, 5) is 0. The van der Waals surface area contributed by atoms with Crippen LogP contribution in [-0.4, -0.2) is 9.78 Å². The largest absolute Gasteiger partial charge is 0.324 e. The lowest BCUT2D eigenvalue weighted by molar-refractivity contribution is 0.624. The summed E-state index contributed by atoms with van der Waals surface area (Å²) in [7, 11) is 1.77. The van der Waals surface area contributed by atoms with Crippen molar-refractivity contribution in [3.63, 3.8) is 0 Å². The van der Waals surface area contributed by atoms with Gasteiger partial charge >= 0.3 is 0 Å². The molecule has 0 fully saturated rings. The molecular weight excluding hydrogens is 288 g/mol. The van der Waals surface area contributed by atoms with Crippen LogP contribution in [-0.2, 0) is 13.5 Å². The van der Waals surface area contributed by atoms with Gasteiger partial charge in [-0.3, -0.25) is 4.68 Å². The van der Waals surface area contributed by atoms with E-state index in [-0.39, 0.29) is 11.9 Å². The third-order valence-corrected chi connectivity index (χ3v) is 3.86. The van der Waals surface area contributed by atoms with Crippen LogP contribution in [0.5, 0.6) is 0 Å². The van der Waals surface area contributed by atoms with Crippen molar-refractivity contribution in [1.82, 2.24) is 9.78 Å². The van der Waals surface area contributed by atoms with E-state index in [2.05, 4.69) is 5.10 Å². The van der Waals surface area contributed by atoms with E-state index in [1.54, 1.807) is 17.8 Å². The quantitative estimate of drug-likeness (QED) is 0.944. The average molecular weight is 302 g/mol. The maximum absolute atomic E-state index is 13.0. The highest BCUT2D eigenvalue weighted by Gasteiger charge is 2.17. The number of benzene rings is 1. The molecule has 0 bridgehead atoms. The van der Waals surface area contributed by atoms with Gasteiger partial charge in [0.1, 0.15) is 11.0 Å². The maximum Gasteiger partial charge on any atom is 0.130 e. The number of hydrogen-bond donors (Lipinski definition) is 1. The predicted molar refractivity (Wildman–Crippen MR) is 75.0 cm³/mol. The van der Waals surface area contributed by atoms with E-state index in [0.29, 0.717) is 22.2 Å². The third kappa shape index (κ3) is 2.91. The van der Waals surface area contributed by atoms with Crippen LogP contribution in [0.25, 0.3) is 0 Å². The molecule has 3 nitrogen and oxygen atoms in total. The number of aryl methyl sites for hydroxylation is 2. The van der Waals surface area contributed by atoms with Crippen LogP contribution in [0.3, 0.4) is 0 Å². The highest BCUT2D eigenvalue weighted by atomic mass is 35.5. The fourth-order valence-corrected chi connectivity index (χ4v) is 2.60. The summed E-state index contributed by atoms with van der Waals surface area (Å²) in [5, 5.41) is 5.12. The van der Waals surface area contributed by atoms with Gasteiger partial charge in [-0.15, -0.1) is 0 Å². The van der Waals surface area contributed by atoms with Crippen molar-refractivity contribution in [2.75, 3.05) is 0 Å². The maximum atomic E-state index is 13.0. The Morgan fingerprint density at radius 3 is 2.63 bits per heavy atom. The van der Waals surface area contributed by atoms with Gasteiger partial charge in [-0.2, -0.15) is 5.10 Å². The van der Waals surface area contributed by atoms with E-state index in [0.717, 1.165) is 11.3 Å². The molecule has 1 aromatic carbocycles. The van der Waals surface area contributed by atoms with Crippen LogP contribution in [0.15, 0.2) is 18.2 Å². The first-order valence-electron chi connectivity index (χ1n) is 5.78. The van der Waals surface area contributed by atoms with Gasteiger partial charge in [0, 0.05) is 23.7 Å². The smallest absolute Gasteiger partial charge is 0.130 e. The van der Waals surface area contributed by atoms with Gasteiger partial charge in [-0.05, 0) is 31.0 Å². The summed E-state index contributed by atoms with van der Waals surface area (Å²) >= 11 is 12.2. The summed E-state index contributed by atoms with van der Waals surface area (Å²) in [6.07, 6.45) is 0.504. The SMILES string of the molecule is Cc1nn(C)c(Cl)c1CC(N)c1ccc(F)cc1Cl. The lowest BCUT2D eigenvalue weighted by Crippen LogP contribution is -2.14. The van der Waals surface area contributed by atoms with E-state index in [9.17, 15) is 4.39 Å². The molecule has 2 rings (SSSR count). The van der Waals surface area contributed by atoms with Crippen LogP contribution in [0.2, 0.25) is 10.2 Å².